The molecule has 142 valence electrons. The molecule has 0 aliphatic heterocycles. The lowest BCUT2D eigenvalue weighted by Gasteiger charge is -2.09. The molecule has 0 radical (unpaired) electrons. The van der Waals surface area contributed by atoms with Crippen LogP contribution < -0.4 is 15.4 Å². The van der Waals surface area contributed by atoms with E-state index < -0.39 is 0 Å². The molecule has 0 aromatic heterocycles. The number of benzene rings is 3. The molecule has 28 heavy (non-hydrogen) atoms. The van der Waals surface area contributed by atoms with Crippen LogP contribution in [0.5, 0.6) is 11.5 Å². The fourth-order valence-corrected chi connectivity index (χ4v) is 2.47. The molecule has 3 rings (SSSR count). The smallest absolute Gasteiger partial charge is 0.251 e. The molecule has 0 heterocycles. The van der Waals surface area contributed by atoms with E-state index in [-0.39, 0.29) is 24.2 Å². The van der Waals surface area contributed by atoms with Crippen LogP contribution in [0.15, 0.2) is 78.9 Å². The number of hydrogen-bond donors (Lipinski definition) is 2. The van der Waals surface area contributed by atoms with Crippen molar-refractivity contribution in [1.82, 2.24) is 10.6 Å². The molecule has 5 nitrogen and oxygen atoms in total. The number of rotatable bonds is 7. The molecule has 0 atom stereocenters. The van der Waals surface area contributed by atoms with E-state index in [1.54, 1.807) is 54.6 Å². The average Bonchev–Trinajstić information content (AvgIpc) is 2.73. The number of hydrogen-bond acceptors (Lipinski definition) is 3. The van der Waals surface area contributed by atoms with Gasteiger partial charge in [0.15, 0.2) is 0 Å². The second-order valence-corrected chi connectivity index (χ2v) is 6.03. The third-order valence-electron chi connectivity index (χ3n) is 3.88. The first-order chi connectivity index (χ1) is 13.6. The maximum Gasteiger partial charge on any atom is 0.251 e. The molecule has 3 aromatic rings. The van der Waals surface area contributed by atoms with Gasteiger partial charge in [-0.1, -0.05) is 30.3 Å². The maximum atomic E-state index is 13.0. The monoisotopic (exact) mass is 378 g/mol. The Labute approximate surface area is 162 Å². The van der Waals surface area contributed by atoms with Gasteiger partial charge >= 0.3 is 0 Å². The van der Waals surface area contributed by atoms with E-state index in [1.807, 2.05) is 12.1 Å². The van der Waals surface area contributed by atoms with Crippen molar-refractivity contribution in [3.05, 3.63) is 95.8 Å². The van der Waals surface area contributed by atoms with Crippen molar-refractivity contribution in [2.24, 2.45) is 0 Å². The van der Waals surface area contributed by atoms with Crippen molar-refractivity contribution in [3.8, 4) is 11.5 Å². The molecule has 0 saturated carbocycles. The summed E-state index contributed by atoms with van der Waals surface area (Å²) in [4.78, 5) is 23.9. The standard InChI is InChI=1S/C22H19FN2O3/c23-18-9-11-19(12-10-18)28-20-8-4-5-16(13-20)14-24-21(26)15-25-22(27)17-6-2-1-3-7-17/h1-13H,14-15H2,(H,24,26)(H,25,27). The third-order valence-corrected chi connectivity index (χ3v) is 3.88. The van der Waals surface area contributed by atoms with Gasteiger partial charge in [-0.3, -0.25) is 9.59 Å². The Kier molecular flexibility index (Phi) is 6.36. The molecule has 2 amide bonds. The van der Waals surface area contributed by atoms with E-state index in [9.17, 15) is 14.0 Å². The zero-order valence-corrected chi connectivity index (χ0v) is 15.0. The minimum absolute atomic E-state index is 0.112. The first kappa shape index (κ1) is 19.1. The summed E-state index contributed by atoms with van der Waals surface area (Å²) < 4.78 is 18.6. The molecule has 0 aliphatic rings. The van der Waals surface area contributed by atoms with Crippen molar-refractivity contribution in [1.29, 1.82) is 0 Å². The molecule has 0 unspecified atom stereocenters. The lowest BCUT2D eigenvalue weighted by atomic mass is 10.2. The number of carbonyl (C=O) groups excluding carboxylic acids is 2. The summed E-state index contributed by atoms with van der Waals surface area (Å²) in [6.45, 7) is 0.181. The molecule has 6 heteroatoms. The van der Waals surface area contributed by atoms with Gasteiger partial charge in [-0.2, -0.15) is 0 Å². The third kappa shape index (κ3) is 5.67. The highest BCUT2D eigenvalue weighted by molar-refractivity contribution is 5.96. The minimum atomic E-state index is -0.330. The number of halogens is 1. The SMILES string of the molecule is O=C(CNC(=O)c1ccccc1)NCc1cccc(Oc2ccc(F)cc2)c1. The molecular formula is C22H19FN2O3. The summed E-state index contributed by atoms with van der Waals surface area (Å²) in [5, 5.41) is 5.32. The van der Waals surface area contributed by atoms with Crippen LogP contribution in [0.2, 0.25) is 0 Å². The zero-order valence-electron chi connectivity index (χ0n) is 15.0. The van der Waals surface area contributed by atoms with Gasteiger partial charge in [-0.25, -0.2) is 4.39 Å². The number of ether oxygens (including phenoxy) is 1. The molecule has 0 aliphatic carbocycles. The van der Waals surface area contributed by atoms with Crippen LogP contribution in [0.3, 0.4) is 0 Å². The maximum absolute atomic E-state index is 13.0. The quantitative estimate of drug-likeness (QED) is 0.659. The minimum Gasteiger partial charge on any atom is -0.457 e. The Morgan fingerprint density at radius 3 is 2.32 bits per heavy atom. The molecular weight excluding hydrogens is 359 g/mol. The van der Waals surface area contributed by atoms with Crippen LogP contribution >= 0.6 is 0 Å². The second-order valence-electron chi connectivity index (χ2n) is 6.03. The van der Waals surface area contributed by atoms with Crippen molar-refractivity contribution in [2.45, 2.75) is 6.54 Å². The summed E-state index contributed by atoms with van der Waals surface area (Å²) in [5.41, 5.74) is 1.34. The summed E-state index contributed by atoms with van der Waals surface area (Å²) in [6, 6.07) is 21.6. The fraction of sp³-hybridized carbons (Fsp3) is 0.0909. The van der Waals surface area contributed by atoms with Crippen molar-refractivity contribution < 1.29 is 18.7 Å². The van der Waals surface area contributed by atoms with E-state index in [2.05, 4.69) is 10.6 Å². The van der Waals surface area contributed by atoms with E-state index >= 15 is 0 Å². The molecule has 2 N–H and O–H groups in total. The normalized spacial score (nSPS) is 10.2. The largest absolute Gasteiger partial charge is 0.457 e. The summed E-state index contributed by atoms with van der Waals surface area (Å²) >= 11 is 0. The second kappa shape index (κ2) is 9.32. The van der Waals surface area contributed by atoms with Crippen LogP contribution in [0.4, 0.5) is 4.39 Å². The van der Waals surface area contributed by atoms with Crippen molar-refractivity contribution in [2.75, 3.05) is 6.54 Å². The number of amides is 2. The first-order valence-electron chi connectivity index (χ1n) is 8.72. The predicted molar refractivity (Wildman–Crippen MR) is 104 cm³/mol. The highest BCUT2D eigenvalue weighted by Gasteiger charge is 2.07. The molecule has 0 fully saturated rings. The van der Waals surface area contributed by atoms with Gasteiger partial charge in [-0.15, -0.1) is 0 Å². The van der Waals surface area contributed by atoms with Crippen LogP contribution in [0.1, 0.15) is 15.9 Å². The number of nitrogens with one attached hydrogen (secondary N) is 2. The highest BCUT2D eigenvalue weighted by Crippen LogP contribution is 2.22. The van der Waals surface area contributed by atoms with Crippen molar-refractivity contribution in [3.63, 3.8) is 0 Å². The summed E-state index contributed by atoms with van der Waals surface area (Å²) in [5.74, 6) is 0.171. The van der Waals surface area contributed by atoms with Gasteiger partial charge < -0.3 is 15.4 Å². The van der Waals surface area contributed by atoms with Crippen LogP contribution in [0.25, 0.3) is 0 Å². The number of carbonyl (C=O) groups is 2. The van der Waals surface area contributed by atoms with E-state index in [4.69, 9.17) is 4.74 Å². The van der Waals surface area contributed by atoms with E-state index in [0.717, 1.165) is 5.56 Å². The zero-order chi connectivity index (χ0) is 19.8. The van der Waals surface area contributed by atoms with Gasteiger partial charge in [0.2, 0.25) is 5.91 Å². The first-order valence-corrected chi connectivity index (χ1v) is 8.72. The van der Waals surface area contributed by atoms with Gasteiger partial charge in [0, 0.05) is 12.1 Å². The van der Waals surface area contributed by atoms with Crippen LogP contribution in [0, 0.1) is 5.82 Å². The lowest BCUT2D eigenvalue weighted by Crippen LogP contribution is -2.36. The lowest BCUT2D eigenvalue weighted by molar-refractivity contribution is -0.120. The highest BCUT2D eigenvalue weighted by atomic mass is 19.1. The van der Waals surface area contributed by atoms with Gasteiger partial charge in [0.25, 0.3) is 5.91 Å². The summed E-state index contributed by atoms with van der Waals surface area (Å²) in [7, 11) is 0. The molecule has 0 saturated heterocycles. The van der Waals surface area contributed by atoms with Crippen LogP contribution in [-0.2, 0) is 11.3 Å². The van der Waals surface area contributed by atoms with Gasteiger partial charge in [0.05, 0.1) is 6.54 Å². The van der Waals surface area contributed by atoms with Gasteiger partial charge in [-0.05, 0) is 54.1 Å². The Balaban J connectivity index is 1.48. The van der Waals surface area contributed by atoms with Crippen LogP contribution in [-0.4, -0.2) is 18.4 Å². The molecule has 0 bridgehead atoms. The van der Waals surface area contributed by atoms with Gasteiger partial charge in [0.1, 0.15) is 17.3 Å². The Bertz CT molecular complexity index is 944. The fourth-order valence-electron chi connectivity index (χ4n) is 2.47. The van der Waals surface area contributed by atoms with E-state index in [1.165, 1.54) is 12.1 Å². The topological polar surface area (TPSA) is 67.4 Å². The molecule has 0 spiro atoms. The molecule has 3 aromatic carbocycles. The predicted octanol–water partition coefficient (Wildman–Crippen LogP) is 3.66. The van der Waals surface area contributed by atoms with E-state index in [0.29, 0.717) is 23.6 Å². The Morgan fingerprint density at radius 1 is 0.821 bits per heavy atom. The Hall–Kier alpha value is -3.67. The Morgan fingerprint density at radius 2 is 1.57 bits per heavy atom. The average molecular weight is 378 g/mol. The van der Waals surface area contributed by atoms with Crippen molar-refractivity contribution >= 4 is 11.8 Å². The summed E-state index contributed by atoms with van der Waals surface area (Å²) in [6.07, 6.45) is 0.